The monoisotopic (exact) mass is 1750 g/mol. The minimum atomic E-state index is 0.147. The number of piperidine rings is 3. The number of aliphatic imine (C=N–C) groups is 2. The lowest BCUT2D eigenvalue weighted by Gasteiger charge is -2.32. The van der Waals surface area contributed by atoms with Crippen molar-refractivity contribution in [3.63, 3.8) is 0 Å². The van der Waals surface area contributed by atoms with Gasteiger partial charge in [0.2, 0.25) is 12.2 Å². The summed E-state index contributed by atoms with van der Waals surface area (Å²) in [4.78, 5) is 45.5. The van der Waals surface area contributed by atoms with Gasteiger partial charge in [-0.3, -0.25) is 25.4 Å². The van der Waals surface area contributed by atoms with Gasteiger partial charge >= 0.3 is 0 Å². The van der Waals surface area contributed by atoms with E-state index in [2.05, 4.69) is 153 Å². The second-order valence-corrected chi connectivity index (χ2v) is 30.0. The average Bonchev–Trinajstić information content (AvgIpc) is 1.63. The number of guanidine groups is 3. The Bertz CT molecular complexity index is 5400. The molecule has 3 saturated heterocycles. The number of nitrogens with two attached hydrogens (primary N) is 4. The molecule has 3 fully saturated rings. The normalized spacial score (nSPS) is 14.5. The summed E-state index contributed by atoms with van der Waals surface area (Å²) in [5.41, 5.74) is 36.3. The van der Waals surface area contributed by atoms with E-state index in [0.717, 1.165) is 198 Å². The molecule has 0 spiro atoms. The number of halogens is 5. The molecule has 0 amide bonds. The van der Waals surface area contributed by atoms with Gasteiger partial charge in [-0.2, -0.15) is 43.7 Å². The lowest BCUT2D eigenvalue weighted by atomic mass is 9.93. The largest absolute Gasteiger partial charge is 0.399 e. The number of hydrogen-bond acceptors (Lipinski definition) is 20. The van der Waals surface area contributed by atoms with Crippen LogP contribution in [0.3, 0.4) is 0 Å². The molecule has 14 heterocycles. The maximum atomic E-state index is 8.69. The summed E-state index contributed by atoms with van der Waals surface area (Å²) < 4.78 is 10.6. The number of aromatic nitrogens is 15. The third kappa shape index (κ3) is 18.9. The van der Waals surface area contributed by atoms with E-state index >= 15 is 0 Å². The third-order valence-electron chi connectivity index (χ3n) is 19.1. The van der Waals surface area contributed by atoms with Crippen molar-refractivity contribution in [3.05, 3.63) is 233 Å². The number of hydrogen-bond donors (Lipinski definition) is 9. The van der Waals surface area contributed by atoms with Gasteiger partial charge in [0, 0.05) is 185 Å². The molecule has 0 radical (unpaired) electrons. The SMILES string of the molecule is CN=C(N)N1CCC(c2cc(NCc3cccnc3)n3ncc(Br)c3n2)CC1.N#CN=C(N)N1CCC(c2cc(NCc3cccnc3)n3ncc(Br)c3n2)CC1.N=C(N)N1CCC(c2cc(NCc3cccnc3)n3ncc(Br)c3n2)CC1.Nc1ccc(CNc2cc(-c3ccccc3Cl)nc3c(Br)cnn23)cc1. The zero-order chi connectivity index (χ0) is 76.6. The molecule has 2 aromatic carbocycles. The van der Waals surface area contributed by atoms with E-state index in [-0.39, 0.29) is 11.9 Å². The number of benzene rings is 2. The summed E-state index contributed by atoms with van der Waals surface area (Å²) in [5.74, 6) is 5.59. The summed E-state index contributed by atoms with van der Waals surface area (Å²) in [5, 5.41) is 48.5. The molecule has 11 aromatic heterocycles. The molecule has 564 valence electrons. The molecule has 110 heavy (non-hydrogen) atoms. The fourth-order valence-corrected chi connectivity index (χ4v) is 14.8. The van der Waals surface area contributed by atoms with Crippen molar-refractivity contribution in [3.8, 4) is 17.5 Å². The number of nitrogen functional groups attached to an aromatic ring is 1. The zero-order valence-electron chi connectivity index (χ0n) is 59.8. The standard InChI is InChI=1S/C19H15BrClN5.C19H20BrN9.C19H23BrN8.C18H21BrN8/c20-15-11-24-26-18(23-10-12-5-7-13(22)8-6-12)9-17(25-19(15)26)14-3-1-2-4-16(14)21;20-15-11-26-29-17(24-10-13-2-1-5-23-9-13)8-16(27-18(15)29)14-3-6-28(7-4-14)19(22)25-12-21;1-22-19(21)27-7-4-14(5-8-27)16-9-17(24-11-13-3-2-6-23-10-13)28-18(26-16)15(20)12-25-28;19-14-11-24-27-16(23-10-12-2-1-5-22-9-12)8-15(25-17(14)27)13-3-6-26(7-4-13)18(20)21/h1-9,11,23H,10,22H2;1-2,5,8-9,11,14,24H,3-4,6-7,10H2,(H2,22,25);2-3,6,9-10,12,14,24H,4-5,7-8,11H2,1H3,(H2,21,22);1-2,5,8-9,11,13,23H,3-4,6-7,10H2,(H3,20,21). The first-order valence-electron chi connectivity index (χ1n) is 35.5. The maximum absolute atomic E-state index is 8.69. The highest BCUT2D eigenvalue weighted by Gasteiger charge is 2.28. The van der Waals surface area contributed by atoms with E-state index in [1.54, 1.807) is 65.6 Å². The first-order chi connectivity index (χ1) is 53.5. The molecule has 13 aromatic rings. The second-order valence-electron chi connectivity index (χ2n) is 26.2. The van der Waals surface area contributed by atoms with Crippen molar-refractivity contribution in [2.24, 2.45) is 27.2 Å². The van der Waals surface area contributed by atoms with E-state index in [1.165, 1.54) is 0 Å². The number of likely N-dealkylation sites (tertiary alicyclic amines) is 3. The molecule has 0 aliphatic carbocycles. The van der Waals surface area contributed by atoms with Crippen LogP contribution >= 0.6 is 75.3 Å². The van der Waals surface area contributed by atoms with Crippen LogP contribution in [-0.2, 0) is 26.2 Å². The Morgan fingerprint density at radius 2 is 0.845 bits per heavy atom. The second kappa shape index (κ2) is 36.4. The molecule has 16 rings (SSSR count). The molecule has 30 nitrogen and oxygen atoms in total. The van der Waals surface area contributed by atoms with Crippen LogP contribution in [0.25, 0.3) is 33.8 Å². The third-order valence-corrected chi connectivity index (χ3v) is 21.7. The van der Waals surface area contributed by atoms with Crippen molar-refractivity contribution in [2.75, 3.05) is 73.3 Å². The maximum Gasteiger partial charge on any atom is 0.209 e. The highest BCUT2D eigenvalue weighted by Crippen LogP contribution is 2.36. The van der Waals surface area contributed by atoms with E-state index < -0.39 is 0 Å². The van der Waals surface area contributed by atoms with Gasteiger partial charge in [0.1, 0.15) is 23.3 Å². The predicted molar refractivity (Wildman–Crippen MR) is 443 cm³/mol. The molecule has 0 unspecified atom stereocenters. The number of nitriles is 1. The molecule has 13 N–H and O–H groups in total. The van der Waals surface area contributed by atoms with Gasteiger partial charge in [0.15, 0.2) is 34.5 Å². The fourth-order valence-electron chi connectivity index (χ4n) is 13.1. The highest BCUT2D eigenvalue weighted by molar-refractivity contribution is 9.11. The highest BCUT2D eigenvalue weighted by atomic mass is 79.9. The summed E-state index contributed by atoms with van der Waals surface area (Å²) in [7, 11) is 1.73. The summed E-state index contributed by atoms with van der Waals surface area (Å²) in [6.45, 7) is 7.44. The molecule has 3 aliphatic rings. The van der Waals surface area contributed by atoms with Gasteiger partial charge in [-0.1, -0.05) is 60.1 Å². The van der Waals surface area contributed by atoms with Crippen LogP contribution in [-0.4, -0.2) is 152 Å². The van der Waals surface area contributed by atoms with Crippen LogP contribution in [0.15, 0.2) is 199 Å². The quantitative estimate of drug-likeness (QED) is 0.0188. The molecular weight excluding hydrogens is 1680 g/mol. The first kappa shape index (κ1) is 77.1. The topological polar surface area (TPSA) is 394 Å². The van der Waals surface area contributed by atoms with Gasteiger partial charge in [0.25, 0.3) is 0 Å². The Morgan fingerprint density at radius 1 is 0.482 bits per heavy atom. The Morgan fingerprint density at radius 3 is 1.21 bits per heavy atom. The molecule has 35 heteroatoms. The Balaban J connectivity index is 0.000000129. The van der Waals surface area contributed by atoms with Gasteiger partial charge in [-0.25, -0.2) is 19.9 Å². The van der Waals surface area contributed by atoms with Crippen molar-refractivity contribution < 1.29 is 0 Å². The Labute approximate surface area is 672 Å². The lowest BCUT2D eigenvalue weighted by molar-refractivity contribution is 0.306. The fraction of sp³-hybridized carbons (Fsp3) is 0.267. The van der Waals surface area contributed by atoms with Crippen LogP contribution < -0.4 is 44.2 Å². The van der Waals surface area contributed by atoms with Gasteiger partial charge in [-0.15, -0.1) is 4.99 Å². The van der Waals surface area contributed by atoms with Gasteiger partial charge < -0.3 is 58.9 Å². The van der Waals surface area contributed by atoms with Crippen LogP contribution in [0.2, 0.25) is 5.02 Å². The summed E-state index contributed by atoms with van der Waals surface area (Å²) in [6, 6.07) is 35.5. The average molecular weight is 1760 g/mol. The summed E-state index contributed by atoms with van der Waals surface area (Å²) in [6.07, 6.45) is 25.2. The lowest BCUT2D eigenvalue weighted by Crippen LogP contribution is -2.42. The first-order valence-corrected chi connectivity index (χ1v) is 39.0. The van der Waals surface area contributed by atoms with E-state index in [0.29, 0.717) is 54.9 Å². The van der Waals surface area contributed by atoms with Crippen LogP contribution in [0, 0.1) is 16.9 Å². The number of nitrogens with zero attached hydrogens (tertiary/aromatic N) is 21. The zero-order valence-corrected chi connectivity index (χ0v) is 66.9. The van der Waals surface area contributed by atoms with E-state index in [1.807, 2.05) is 128 Å². The van der Waals surface area contributed by atoms with Crippen LogP contribution in [0.5, 0.6) is 0 Å². The summed E-state index contributed by atoms with van der Waals surface area (Å²) >= 11 is 20.5. The van der Waals surface area contributed by atoms with Crippen molar-refractivity contribution in [1.29, 1.82) is 10.7 Å². The number of nitrogens with one attached hydrogen (secondary N) is 5. The number of pyridine rings is 3. The van der Waals surface area contributed by atoms with Crippen molar-refractivity contribution in [2.45, 2.75) is 82.5 Å². The predicted octanol–water partition coefficient (Wildman–Crippen LogP) is 12.7. The number of fused-ring (bicyclic) bond motifs is 4. The van der Waals surface area contributed by atoms with Crippen molar-refractivity contribution >= 4 is 145 Å². The number of rotatable bonds is 16. The van der Waals surface area contributed by atoms with Crippen LogP contribution in [0.4, 0.5) is 29.0 Å². The van der Waals surface area contributed by atoms with Gasteiger partial charge in [0.05, 0.1) is 48.4 Å². The molecule has 0 atom stereocenters. The van der Waals surface area contributed by atoms with Crippen molar-refractivity contribution in [1.82, 2.24) is 88.0 Å². The molecule has 0 bridgehead atoms. The van der Waals surface area contributed by atoms with E-state index in [4.69, 9.17) is 65.1 Å². The minimum Gasteiger partial charge on any atom is -0.399 e. The molecular formula is C75H79Br4ClN30. The minimum absolute atomic E-state index is 0.147. The van der Waals surface area contributed by atoms with Gasteiger partial charge in [-0.05, 0) is 161 Å². The Kier molecular flexibility index (Phi) is 25.5. The molecule has 3 aliphatic heterocycles. The number of anilines is 5. The van der Waals surface area contributed by atoms with E-state index in [9.17, 15) is 0 Å². The smallest absolute Gasteiger partial charge is 0.209 e. The molecule has 0 saturated carbocycles. The van der Waals surface area contributed by atoms with Crippen LogP contribution in [0.1, 0.15) is 95.6 Å². The Hall–Kier alpha value is -11.1.